The number of ether oxygens (including phenoxy) is 1. The second-order valence-electron chi connectivity index (χ2n) is 4.27. The SMILES string of the molecule is COc1c(Br)cccc1C1(C(C)N)CC1. The van der Waals surface area contributed by atoms with Crippen molar-refractivity contribution in [3.8, 4) is 5.75 Å². The van der Waals surface area contributed by atoms with Crippen LogP contribution in [0.5, 0.6) is 5.75 Å². The van der Waals surface area contributed by atoms with Gasteiger partial charge in [-0.15, -0.1) is 0 Å². The molecule has 1 aliphatic rings. The minimum Gasteiger partial charge on any atom is -0.495 e. The number of hydrogen-bond acceptors (Lipinski definition) is 2. The van der Waals surface area contributed by atoms with E-state index in [-0.39, 0.29) is 11.5 Å². The van der Waals surface area contributed by atoms with Gasteiger partial charge in [0.05, 0.1) is 11.6 Å². The van der Waals surface area contributed by atoms with E-state index in [1.807, 2.05) is 12.1 Å². The van der Waals surface area contributed by atoms with Gasteiger partial charge in [0.25, 0.3) is 0 Å². The Morgan fingerprint density at radius 3 is 2.60 bits per heavy atom. The average Bonchev–Trinajstić information content (AvgIpc) is 2.98. The van der Waals surface area contributed by atoms with Crippen LogP contribution in [0.15, 0.2) is 22.7 Å². The zero-order chi connectivity index (χ0) is 11.1. The van der Waals surface area contributed by atoms with Crippen LogP contribution in [0, 0.1) is 0 Å². The number of methoxy groups -OCH3 is 1. The summed E-state index contributed by atoms with van der Waals surface area (Å²) in [5.41, 5.74) is 7.46. The molecule has 0 spiro atoms. The lowest BCUT2D eigenvalue weighted by Crippen LogP contribution is -2.31. The van der Waals surface area contributed by atoms with Gasteiger partial charge in [0.15, 0.2) is 0 Å². The number of benzene rings is 1. The van der Waals surface area contributed by atoms with Crippen LogP contribution in [0.4, 0.5) is 0 Å². The van der Waals surface area contributed by atoms with Gasteiger partial charge >= 0.3 is 0 Å². The Morgan fingerprint density at radius 1 is 1.47 bits per heavy atom. The molecule has 2 rings (SSSR count). The van der Waals surface area contributed by atoms with Crippen molar-refractivity contribution < 1.29 is 4.74 Å². The van der Waals surface area contributed by atoms with Crippen LogP contribution in [0.2, 0.25) is 0 Å². The topological polar surface area (TPSA) is 35.2 Å². The summed E-state index contributed by atoms with van der Waals surface area (Å²) in [4.78, 5) is 0. The fourth-order valence-corrected chi connectivity index (χ4v) is 2.74. The minimum absolute atomic E-state index is 0.148. The molecule has 0 aromatic heterocycles. The van der Waals surface area contributed by atoms with Gasteiger partial charge in [-0.3, -0.25) is 0 Å². The number of rotatable bonds is 3. The highest BCUT2D eigenvalue weighted by Crippen LogP contribution is 2.54. The third-order valence-corrected chi connectivity index (χ3v) is 3.99. The first-order chi connectivity index (χ1) is 7.12. The molecule has 0 heterocycles. The monoisotopic (exact) mass is 269 g/mol. The van der Waals surface area contributed by atoms with Gasteiger partial charge in [-0.2, -0.15) is 0 Å². The van der Waals surface area contributed by atoms with E-state index >= 15 is 0 Å². The van der Waals surface area contributed by atoms with Crippen molar-refractivity contribution >= 4 is 15.9 Å². The smallest absolute Gasteiger partial charge is 0.136 e. The van der Waals surface area contributed by atoms with E-state index in [2.05, 4.69) is 28.9 Å². The first kappa shape index (κ1) is 11.0. The van der Waals surface area contributed by atoms with Gasteiger partial charge in [-0.25, -0.2) is 0 Å². The Labute approximate surface area is 98.9 Å². The predicted octanol–water partition coefficient (Wildman–Crippen LogP) is 2.84. The highest BCUT2D eigenvalue weighted by molar-refractivity contribution is 9.10. The maximum Gasteiger partial charge on any atom is 0.136 e. The summed E-state index contributed by atoms with van der Waals surface area (Å²) >= 11 is 3.51. The Kier molecular flexibility index (Phi) is 2.77. The molecular formula is C12H16BrNO. The second kappa shape index (κ2) is 3.80. The van der Waals surface area contributed by atoms with Crippen LogP contribution in [-0.4, -0.2) is 13.2 Å². The third kappa shape index (κ3) is 1.68. The van der Waals surface area contributed by atoms with Gasteiger partial charge in [0.1, 0.15) is 5.75 Å². The standard InChI is InChI=1S/C12H16BrNO/c1-8(14)12(6-7-12)9-4-3-5-10(13)11(9)15-2/h3-5,8H,6-7,14H2,1-2H3. The summed E-state index contributed by atoms with van der Waals surface area (Å²) in [6.07, 6.45) is 2.33. The van der Waals surface area contributed by atoms with Crippen LogP contribution in [0.1, 0.15) is 25.3 Å². The van der Waals surface area contributed by atoms with E-state index in [1.165, 1.54) is 5.56 Å². The molecule has 1 atom stereocenters. The molecule has 82 valence electrons. The lowest BCUT2D eigenvalue weighted by atomic mass is 9.89. The highest BCUT2D eigenvalue weighted by Gasteiger charge is 2.49. The molecule has 0 saturated heterocycles. The summed E-state index contributed by atoms with van der Waals surface area (Å²) in [5, 5.41) is 0. The zero-order valence-electron chi connectivity index (χ0n) is 9.09. The number of nitrogens with two attached hydrogens (primary N) is 1. The van der Waals surface area contributed by atoms with E-state index in [0.717, 1.165) is 23.1 Å². The van der Waals surface area contributed by atoms with Crippen molar-refractivity contribution in [2.45, 2.75) is 31.2 Å². The van der Waals surface area contributed by atoms with E-state index in [1.54, 1.807) is 7.11 Å². The van der Waals surface area contributed by atoms with Crippen LogP contribution >= 0.6 is 15.9 Å². The molecule has 0 amide bonds. The summed E-state index contributed by atoms with van der Waals surface area (Å²) in [6.45, 7) is 2.08. The molecule has 1 saturated carbocycles. The van der Waals surface area contributed by atoms with Crippen molar-refractivity contribution in [2.75, 3.05) is 7.11 Å². The van der Waals surface area contributed by atoms with Gasteiger partial charge < -0.3 is 10.5 Å². The van der Waals surface area contributed by atoms with Gasteiger partial charge in [-0.05, 0) is 41.8 Å². The highest BCUT2D eigenvalue weighted by atomic mass is 79.9. The molecule has 1 fully saturated rings. The van der Waals surface area contributed by atoms with Crippen molar-refractivity contribution in [3.05, 3.63) is 28.2 Å². The lowest BCUT2D eigenvalue weighted by Gasteiger charge is -2.23. The molecule has 15 heavy (non-hydrogen) atoms. The molecule has 2 nitrogen and oxygen atoms in total. The van der Waals surface area contributed by atoms with Gasteiger partial charge in [0.2, 0.25) is 0 Å². The first-order valence-corrected chi connectivity index (χ1v) is 5.99. The largest absolute Gasteiger partial charge is 0.495 e. The molecule has 2 N–H and O–H groups in total. The van der Waals surface area contributed by atoms with Crippen molar-refractivity contribution in [2.24, 2.45) is 5.73 Å². The fourth-order valence-electron chi connectivity index (χ4n) is 2.21. The third-order valence-electron chi connectivity index (χ3n) is 3.37. The van der Waals surface area contributed by atoms with Crippen LogP contribution < -0.4 is 10.5 Å². The van der Waals surface area contributed by atoms with Crippen LogP contribution in [0.3, 0.4) is 0 Å². The van der Waals surface area contributed by atoms with E-state index in [9.17, 15) is 0 Å². The molecular weight excluding hydrogens is 254 g/mol. The van der Waals surface area contributed by atoms with Crippen molar-refractivity contribution in [1.82, 2.24) is 0 Å². The van der Waals surface area contributed by atoms with Gasteiger partial charge in [0, 0.05) is 17.0 Å². The maximum atomic E-state index is 6.07. The molecule has 1 aliphatic carbocycles. The average molecular weight is 270 g/mol. The second-order valence-corrected chi connectivity index (χ2v) is 5.12. The van der Waals surface area contributed by atoms with Crippen LogP contribution in [-0.2, 0) is 5.41 Å². The first-order valence-electron chi connectivity index (χ1n) is 5.20. The normalized spacial score (nSPS) is 19.7. The Bertz CT molecular complexity index is 372. The summed E-state index contributed by atoms with van der Waals surface area (Å²) in [7, 11) is 1.71. The van der Waals surface area contributed by atoms with Crippen LogP contribution in [0.25, 0.3) is 0 Å². The predicted molar refractivity (Wildman–Crippen MR) is 65.3 cm³/mol. The van der Waals surface area contributed by atoms with Gasteiger partial charge in [-0.1, -0.05) is 12.1 Å². The van der Waals surface area contributed by atoms with Crippen molar-refractivity contribution in [3.63, 3.8) is 0 Å². The maximum absolute atomic E-state index is 6.07. The number of halogens is 1. The fraction of sp³-hybridized carbons (Fsp3) is 0.500. The molecule has 0 aliphatic heterocycles. The number of hydrogen-bond donors (Lipinski definition) is 1. The van der Waals surface area contributed by atoms with E-state index in [4.69, 9.17) is 10.5 Å². The molecule has 1 aromatic carbocycles. The van der Waals surface area contributed by atoms with E-state index < -0.39 is 0 Å². The summed E-state index contributed by atoms with van der Waals surface area (Å²) in [5.74, 6) is 0.937. The molecule has 0 radical (unpaired) electrons. The summed E-state index contributed by atoms with van der Waals surface area (Å²) in [6, 6.07) is 6.35. The molecule has 1 unspecified atom stereocenters. The summed E-state index contributed by atoms with van der Waals surface area (Å²) < 4.78 is 6.46. The Morgan fingerprint density at radius 2 is 2.13 bits per heavy atom. The quantitative estimate of drug-likeness (QED) is 0.916. The lowest BCUT2D eigenvalue weighted by molar-refractivity contribution is 0.396. The molecule has 0 bridgehead atoms. The van der Waals surface area contributed by atoms with E-state index in [0.29, 0.717) is 0 Å². The molecule has 3 heteroatoms. The molecule has 1 aromatic rings. The number of para-hydroxylation sites is 1. The Balaban J connectivity index is 2.49. The Hall–Kier alpha value is -0.540. The van der Waals surface area contributed by atoms with Crippen molar-refractivity contribution in [1.29, 1.82) is 0 Å². The minimum atomic E-state index is 0.148. The zero-order valence-corrected chi connectivity index (χ0v) is 10.7.